The van der Waals surface area contributed by atoms with Crippen molar-refractivity contribution in [3.8, 4) is 22.6 Å². The molecule has 0 saturated heterocycles. The van der Waals surface area contributed by atoms with E-state index >= 15 is 0 Å². The van der Waals surface area contributed by atoms with Crippen molar-refractivity contribution in [3.05, 3.63) is 77.0 Å². The van der Waals surface area contributed by atoms with Gasteiger partial charge in [0.1, 0.15) is 5.76 Å². The topological polar surface area (TPSA) is 63.3 Å². The van der Waals surface area contributed by atoms with Crippen LogP contribution in [0.5, 0.6) is 0 Å². The van der Waals surface area contributed by atoms with E-state index in [2.05, 4.69) is 20.9 Å². The number of carbonyl (C=O) groups is 1. The summed E-state index contributed by atoms with van der Waals surface area (Å²) in [6.07, 6.45) is 1.62. The highest BCUT2D eigenvalue weighted by atomic mass is 79.9. The summed E-state index contributed by atoms with van der Waals surface area (Å²) in [5.41, 5.74) is 3.23. The largest absolute Gasteiger partial charge is 0.478 e. The third-order valence-electron chi connectivity index (χ3n) is 3.97. The highest BCUT2D eigenvalue weighted by Crippen LogP contribution is 2.30. The highest BCUT2D eigenvalue weighted by molar-refractivity contribution is 9.10. The van der Waals surface area contributed by atoms with Gasteiger partial charge in [-0.05, 0) is 42.5 Å². The van der Waals surface area contributed by atoms with E-state index < -0.39 is 5.97 Å². The van der Waals surface area contributed by atoms with Gasteiger partial charge in [0.25, 0.3) is 0 Å². The lowest BCUT2D eigenvalue weighted by Gasteiger charge is -2.08. The molecular formula is C20H12BrNO3. The number of carboxylic acids is 1. The summed E-state index contributed by atoms with van der Waals surface area (Å²) >= 11 is 3.38. The maximum Gasteiger partial charge on any atom is 0.336 e. The van der Waals surface area contributed by atoms with E-state index in [0.717, 1.165) is 21.4 Å². The predicted molar refractivity (Wildman–Crippen MR) is 99.5 cm³/mol. The zero-order valence-corrected chi connectivity index (χ0v) is 14.5. The number of hydrogen-bond acceptors (Lipinski definition) is 3. The molecule has 0 spiro atoms. The number of aromatic carboxylic acids is 1. The maximum atomic E-state index is 11.7. The SMILES string of the molecule is O=C(O)c1cc(-c2cccc(-c3ccco3)c2)nc2ccc(Br)cc12. The lowest BCUT2D eigenvalue weighted by Crippen LogP contribution is -2.00. The maximum absolute atomic E-state index is 11.7. The van der Waals surface area contributed by atoms with Crippen molar-refractivity contribution in [3.63, 3.8) is 0 Å². The first-order chi connectivity index (χ1) is 12.1. The molecule has 122 valence electrons. The molecule has 0 bridgehead atoms. The Balaban J connectivity index is 1.91. The fourth-order valence-electron chi connectivity index (χ4n) is 2.80. The molecule has 0 aliphatic rings. The van der Waals surface area contributed by atoms with E-state index in [0.29, 0.717) is 16.6 Å². The van der Waals surface area contributed by atoms with Gasteiger partial charge in [0.2, 0.25) is 0 Å². The third kappa shape index (κ3) is 2.94. The van der Waals surface area contributed by atoms with Crippen LogP contribution in [0.15, 0.2) is 75.8 Å². The minimum atomic E-state index is -0.978. The van der Waals surface area contributed by atoms with Gasteiger partial charge in [-0.25, -0.2) is 9.78 Å². The lowest BCUT2D eigenvalue weighted by atomic mass is 10.0. The normalized spacial score (nSPS) is 10.9. The number of pyridine rings is 1. The number of halogens is 1. The number of nitrogens with zero attached hydrogens (tertiary/aromatic N) is 1. The van der Waals surface area contributed by atoms with Crippen LogP contribution in [0.2, 0.25) is 0 Å². The van der Waals surface area contributed by atoms with Crippen LogP contribution in [0.3, 0.4) is 0 Å². The Kier molecular flexibility index (Phi) is 3.86. The van der Waals surface area contributed by atoms with Gasteiger partial charge >= 0.3 is 5.97 Å². The van der Waals surface area contributed by atoms with E-state index in [-0.39, 0.29) is 5.56 Å². The van der Waals surface area contributed by atoms with E-state index in [1.165, 1.54) is 0 Å². The van der Waals surface area contributed by atoms with Crippen molar-refractivity contribution in [2.75, 3.05) is 0 Å². The first-order valence-electron chi connectivity index (χ1n) is 7.60. The zero-order chi connectivity index (χ0) is 17.4. The van der Waals surface area contributed by atoms with Crippen LogP contribution in [0.25, 0.3) is 33.5 Å². The van der Waals surface area contributed by atoms with Gasteiger partial charge in [-0.2, -0.15) is 0 Å². The highest BCUT2D eigenvalue weighted by Gasteiger charge is 2.14. The second-order valence-electron chi connectivity index (χ2n) is 5.58. The van der Waals surface area contributed by atoms with Crippen LogP contribution in [0.4, 0.5) is 0 Å². The Morgan fingerprint density at radius 1 is 1.00 bits per heavy atom. The van der Waals surface area contributed by atoms with E-state index in [1.807, 2.05) is 48.5 Å². The second kappa shape index (κ2) is 6.18. The molecule has 4 aromatic rings. The number of rotatable bonds is 3. The molecule has 5 heteroatoms. The van der Waals surface area contributed by atoms with E-state index in [1.54, 1.807) is 18.4 Å². The fraction of sp³-hybridized carbons (Fsp3) is 0. The number of fused-ring (bicyclic) bond motifs is 1. The summed E-state index contributed by atoms with van der Waals surface area (Å²) in [5.74, 6) is -0.223. The molecule has 2 heterocycles. The van der Waals surface area contributed by atoms with Gasteiger partial charge in [0.05, 0.1) is 23.0 Å². The number of benzene rings is 2. The molecule has 0 fully saturated rings. The van der Waals surface area contributed by atoms with Crippen molar-refractivity contribution in [2.24, 2.45) is 0 Å². The first kappa shape index (κ1) is 15.6. The number of aromatic nitrogens is 1. The van der Waals surface area contributed by atoms with Crippen LogP contribution in [-0.2, 0) is 0 Å². The van der Waals surface area contributed by atoms with E-state index in [4.69, 9.17) is 4.42 Å². The monoisotopic (exact) mass is 393 g/mol. The fourth-order valence-corrected chi connectivity index (χ4v) is 3.16. The standard InChI is InChI=1S/C20H12BrNO3/c21-14-6-7-17-15(10-14)16(20(23)24)11-18(22-17)12-3-1-4-13(9-12)19-5-2-8-25-19/h1-11H,(H,23,24). The van der Waals surface area contributed by atoms with Gasteiger partial charge in [0.15, 0.2) is 0 Å². The minimum Gasteiger partial charge on any atom is -0.478 e. The number of furan rings is 1. The van der Waals surface area contributed by atoms with Gasteiger partial charge in [-0.3, -0.25) is 0 Å². The Labute approximate surface area is 151 Å². The lowest BCUT2D eigenvalue weighted by molar-refractivity contribution is 0.0699. The quantitative estimate of drug-likeness (QED) is 0.490. The van der Waals surface area contributed by atoms with Gasteiger partial charge in [-0.15, -0.1) is 0 Å². The summed E-state index contributed by atoms with van der Waals surface area (Å²) in [4.78, 5) is 16.3. The Morgan fingerprint density at radius 2 is 1.84 bits per heavy atom. The second-order valence-corrected chi connectivity index (χ2v) is 6.50. The summed E-state index contributed by atoms with van der Waals surface area (Å²) in [5, 5.41) is 10.2. The number of hydrogen-bond donors (Lipinski definition) is 1. The van der Waals surface area contributed by atoms with Gasteiger partial charge in [-0.1, -0.05) is 34.1 Å². The summed E-state index contributed by atoms with van der Waals surface area (Å²) in [7, 11) is 0. The van der Waals surface area contributed by atoms with Crippen LogP contribution >= 0.6 is 15.9 Å². The summed E-state index contributed by atoms with van der Waals surface area (Å²) in [6.45, 7) is 0. The van der Waals surface area contributed by atoms with Crippen molar-refractivity contribution < 1.29 is 14.3 Å². The smallest absolute Gasteiger partial charge is 0.336 e. The van der Waals surface area contributed by atoms with Crippen molar-refractivity contribution in [1.29, 1.82) is 0 Å². The Hall–Kier alpha value is -2.92. The molecule has 0 unspecified atom stereocenters. The molecule has 25 heavy (non-hydrogen) atoms. The van der Waals surface area contributed by atoms with Crippen molar-refractivity contribution in [1.82, 2.24) is 4.98 Å². The van der Waals surface area contributed by atoms with Crippen molar-refractivity contribution >= 4 is 32.8 Å². The molecular weight excluding hydrogens is 382 g/mol. The van der Waals surface area contributed by atoms with Crippen LogP contribution in [-0.4, -0.2) is 16.1 Å². The number of carboxylic acid groups (broad SMARTS) is 1. The van der Waals surface area contributed by atoms with E-state index in [9.17, 15) is 9.90 Å². The first-order valence-corrected chi connectivity index (χ1v) is 8.39. The van der Waals surface area contributed by atoms with Crippen LogP contribution < -0.4 is 0 Å². The van der Waals surface area contributed by atoms with Crippen molar-refractivity contribution in [2.45, 2.75) is 0 Å². The Bertz CT molecular complexity index is 1090. The Morgan fingerprint density at radius 3 is 2.60 bits per heavy atom. The zero-order valence-electron chi connectivity index (χ0n) is 12.9. The van der Waals surface area contributed by atoms with Crippen LogP contribution in [0.1, 0.15) is 10.4 Å². The summed E-state index contributed by atoms with van der Waals surface area (Å²) < 4.78 is 6.25. The molecule has 0 aliphatic heterocycles. The predicted octanol–water partition coefficient (Wildman–Crippen LogP) is 5.62. The molecule has 0 atom stereocenters. The molecule has 2 aromatic heterocycles. The van der Waals surface area contributed by atoms with Gasteiger partial charge < -0.3 is 9.52 Å². The molecule has 0 saturated carbocycles. The average Bonchev–Trinajstić information content (AvgIpc) is 3.15. The minimum absolute atomic E-state index is 0.227. The molecule has 0 aliphatic carbocycles. The molecule has 4 rings (SSSR count). The molecule has 0 amide bonds. The molecule has 2 aromatic carbocycles. The van der Waals surface area contributed by atoms with Crippen LogP contribution in [0, 0.1) is 0 Å². The summed E-state index contributed by atoms with van der Waals surface area (Å²) in [6, 6.07) is 18.5. The third-order valence-corrected chi connectivity index (χ3v) is 4.46. The average molecular weight is 394 g/mol. The molecule has 1 N–H and O–H groups in total. The molecule has 4 nitrogen and oxygen atoms in total. The molecule has 0 radical (unpaired) electrons. The van der Waals surface area contributed by atoms with Gasteiger partial charge in [0, 0.05) is 21.0 Å².